The Morgan fingerprint density at radius 2 is 1.78 bits per heavy atom. The normalized spacial score (nSPS) is 22.9. The van der Waals surface area contributed by atoms with E-state index in [1.165, 1.54) is 12.0 Å². The van der Waals surface area contributed by atoms with Crippen LogP contribution in [0.3, 0.4) is 0 Å². The third-order valence-electron chi connectivity index (χ3n) is 4.17. The minimum atomic E-state index is 0.400. The third-order valence-corrected chi connectivity index (χ3v) is 4.17. The number of aryl methyl sites for hydroxylation is 2. The van der Waals surface area contributed by atoms with Crippen molar-refractivity contribution < 1.29 is 0 Å². The fourth-order valence-corrected chi connectivity index (χ4v) is 2.94. The first-order valence-electron chi connectivity index (χ1n) is 6.86. The van der Waals surface area contributed by atoms with E-state index in [-0.39, 0.29) is 0 Å². The second-order valence-corrected chi connectivity index (χ2v) is 6.37. The van der Waals surface area contributed by atoms with Gasteiger partial charge in [0.15, 0.2) is 0 Å². The maximum Gasteiger partial charge on any atom is 0.132 e. The molecule has 1 saturated carbocycles. The van der Waals surface area contributed by atoms with E-state index >= 15 is 0 Å². The monoisotopic (exact) mass is 247 g/mol. The highest BCUT2D eigenvalue weighted by molar-refractivity contribution is 5.30. The highest BCUT2D eigenvalue weighted by atomic mass is 14.9. The van der Waals surface area contributed by atoms with Crippen molar-refractivity contribution in [1.29, 1.82) is 0 Å². The number of hydrogen-bond donors (Lipinski definition) is 1. The van der Waals surface area contributed by atoms with Gasteiger partial charge in [0.25, 0.3) is 0 Å². The van der Waals surface area contributed by atoms with E-state index in [0.717, 1.165) is 23.8 Å². The average Bonchev–Trinajstić information content (AvgIpc) is 2.87. The van der Waals surface area contributed by atoms with Gasteiger partial charge in [-0.3, -0.25) is 0 Å². The number of hydrogen-bond acceptors (Lipinski definition) is 3. The Kier molecular flexibility index (Phi) is 3.45. The lowest BCUT2D eigenvalue weighted by Gasteiger charge is -2.17. The van der Waals surface area contributed by atoms with Gasteiger partial charge >= 0.3 is 0 Å². The zero-order chi connectivity index (χ0) is 13.5. The van der Waals surface area contributed by atoms with Gasteiger partial charge in [-0.1, -0.05) is 20.8 Å². The van der Waals surface area contributed by atoms with Crippen LogP contribution in [0.15, 0.2) is 0 Å². The highest BCUT2D eigenvalue weighted by Gasteiger charge is 2.48. The molecule has 1 aromatic rings. The van der Waals surface area contributed by atoms with Gasteiger partial charge in [0, 0.05) is 23.9 Å². The van der Waals surface area contributed by atoms with Crippen molar-refractivity contribution >= 4 is 0 Å². The van der Waals surface area contributed by atoms with E-state index in [2.05, 4.69) is 39.9 Å². The Morgan fingerprint density at radius 3 is 2.17 bits per heavy atom. The van der Waals surface area contributed by atoms with E-state index < -0.39 is 0 Å². The molecule has 0 amide bonds. The molecule has 1 aliphatic carbocycles. The van der Waals surface area contributed by atoms with E-state index in [9.17, 15) is 0 Å². The van der Waals surface area contributed by atoms with Crippen LogP contribution in [0.4, 0.5) is 0 Å². The molecule has 0 saturated heterocycles. The van der Waals surface area contributed by atoms with Crippen molar-refractivity contribution in [2.45, 2.75) is 52.9 Å². The third kappa shape index (κ3) is 2.41. The molecule has 0 aliphatic heterocycles. The minimum absolute atomic E-state index is 0.400. The van der Waals surface area contributed by atoms with Gasteiger partial charge in [-0.15, -0.1) is 0 Å². The van der Waals surface area contributed by atoms with Crippen LogP contribution in [-0.2, 0) is 0 Å². The number of nitrogens with one attached hydrogen (secondary N) is 1. The maximum absolute atomic E-state index is 4.76. The fraction of sp³-hybridized carbons (Fsp3) is 0.733. The van der Waals surface area contributed by atoms with Crippen molar-refractivity contribution in [2.75, 3.05) is 13.6 Å². The van der Waals surface area contributed by atoms with Gasteiger partial charge in [0.2, 0.25) is 0 Å². The van der Waals surface area contributed by atoms with Crippen LogP contribution in [0.1, 0.15) is 61.8 Å². The number of rotatable bonds is 4. The molecule has 1 fully saturated rings. The Balaban J connectivity index is 2.30. The SMILES string of the molecule is CNCC(C)c1c(C)nc(C2CC2(C)C)nc1C. The van der Waals surface area contributed by atoms with Gasteiger partial charge in [0.05, 0.1) is 0 Å². The standard InChI is InChI=1S/C15H25N3/c1-9(8-16-6)13-10(2)17-14(18-11(13)3)12-7-15(12,4)5/h9,12,16H,7-8H2,1-6H3. The second kappa shape index (κ2) is 4.61. The quantitative estimate of drug-likeness (QED) is 0.889. The molecule has 1 heterocycles. The summed E-state index contributed by atoms with van der Waals surface area (Å²) in [6, 6.07) is 0. The predicted molar refractivity (Wildman–Crippen MR) is 75.0 cm³/mol. The van der Waals surface area contributed by atoms with Gasteiger partial charge in [-0.05, 0) is 44.2 Å². The summed E-state index contributed by atoms with van der Waals surface area (Å²) in [4.78, 5) is 9.51. The van der Waals surface area contributed by atoms with E-state index in [1.54, 1.807) is 0 Å². The van der Waals surface area contributed by atoms with Crippen LogP contribution in [0, 0.1) is 19.3 Å². The molecular formula is C15H25N3. The zero-order valence-electron chi connectivity index (χ0n) is 12.5. The lowest BCUT2D eigenvalue weighted by molar-refractivity contribution is 0.601. The first kappa shape index (κ1) is 13.5. The first-order valence-corrected chi connectivity index (χ1v) is 6.86. The smallest absolute Gasteiger partial charge is 0.132 e. The molecule has 18 heavy (non-hydrogen) atoms. The lowest BCUT2D eigenvalue weighted by Crippen LogP contribution is -2.18. The molecule has 0 bridgehead atoms. The van der Waals surface area contributed by atoms with Crippen molar-refractivity contribution in [3.05, 3.63) is 22.8 Å². The average molecular weight is 247 g/mol. The summed E-state index contributed by atoms with van der Waals surface area (Å²) < 4.78 is 0. The number of likely N-dealkylation sites (N-methyl/N-ethyl adjacent to an activating group) is 1. The molecule has 0 aromatic carbocycles. The molecule has 3 nitrogen and oxygen atoms in total. The number of aromatic nitrogens is 2. The van der Waals surface area contributed by atoms with Crippen LogP contribution in [0.25, 0.3) is 0 Å². The largest absolute Gasteiger partial charge is 0.319 e. The summed E-state index contributed by atoms with van der Waals surface area (Å²) in [6.45, 7) is 12.0. The Hall–Kier alpha value is -0.960. The molecule has 1 aliphatic rings. The summed E-state index contributed by atoms with van der Waals surface area (Å²) in [7, 11) is 1.99. The van der Waals surface area contributed by atoms with Crippen molar-refractivity contribution in [3.8, 4) is 0 Å². The molecule has 0 radical (unpaired) electrons. The Bertz CT molecular complexity index is 428. The van der Waals surface area contributed by atoms with Crippen LogP contribution in [0.2, 0.25) is 0 Å². The second-order valence-electron chi connectivity index (χ2n) is 6.37. The number of nitrogens with zero attached hydrogens (tertiary/aromatic N) is 2. The van der Waals surface area contributed by atoms with E-state index in [1.807, 2.05) is 7.05 Å². The minimum Gasteiger partial charge on any atom is -0.319 e. The zero-order valence-corrected chi connectivity index (χ0v) is 12.5. The van der Waals surface area contributed by atoms with Crippen LogP contribution in [0.5, 0.6) is 0 Å². The van der Waals surface area contributed by atoms with Crippen molar-refractivity contribution in [2.24, 2.45) is 5.41 Å². The van der Waals surface area contributed by atoms with Crippen LogP contribution < -0.4 is 5.32 Å². The fourth-order valence-electron chi connectivity index (χ4n) is 2.94. The molecule has 3 heteroatoms. The molecule has 0 spiro atoms. The molecule has 2 rings (SSSR count). The lowest BCUT2D eigenvalue weighted by atomic mass is 9.97. The van der Waals surface area contributed by atoms with Crippen molar-refractivity contribution in [1.82, 2.24) is 15.3 Å². The summed E-state index contributed by atoms with van der Waals surface area (Å²) >= 11 is 0. The highest BCUT2D eigenvalue weighted by Crippen LogP contribution is 2.57. The van der Waals surface area contributed by atoms with Crippen LogP contribution in [-0.4, -0.2) is 23.6 Å². The maximum atomic E-state index is 4.76. The molecular weight excluding hydrogens is 222 g/mol. The Morgan fingerprint density at radius 1 is 1.28 bits per heavy atom. The summed E-state index contributed by atoms with van der Waals surface area (Å²) in [5.41, 5.74) is 4.02. The summed E-state index contributed by atoms with van der Waals surface area (Å²) in [6.07, 6.45) is 1.22. The van der Waals surface area contributed by atoms with Gasteiger partial charge in [-0.2, -0.15) is 0 Å². The van der Waals surface area contributed by atoms with Crippen LogP contribution >= 0.6 is 0 Å². The summed E-state index contributed by atoms with van der Waals surface area (Å²) in [5.74, 6) is 2.08. The van der Waals surface area contributed by atoms with E-state index in [4.69, 9.17) is 9.97 Å². The van der Waals surface area contributed by atoms with Gasteiger partial charge in [0.1, 0.15) is 5.82 Å². The summed E-state index contributed by atoms with van der Waals surface area (Å²) in [5, 5.41) is 3.23. The Labute approximate surface area is 110 Å². The first-order chi connectivity index (χ1) is 8.36. The molecule has 2 unspecified atom stereocenters. The molecule has 2 atom stereocenters. The topological polar surface area (TPSA) is 37.8 Å². The van der Waals surface area contributed by atoms with E-state index in [0.29, 0.717) is 17.3 Å². The van der Waals surface area contributed by atoms with Crippen molar-refractivity contribution in [3.63, 3.8) is 0 Å². The van der Waals surface area contributed by atoms with Gasteiger partial charge < -0.3 is 5.32 Å². The predicted octanol–water partition coefficient (Wildman–Crippen LogP) is 2.93. The molecule has 100 valence electrons. The molecule has 1 N–H and O–H groups in total. The molecule has 1 aromatic heterocycles. The van der Waals surface area contributed by atoms with Gasteiger partial charge in [-0.25, -0.2) is 9.97 Å².